The fourth-order valence-electron chi connectivity index (χ4n) is 2.69. The van der Waals surface area contributed by atoms with Gasteiger partial charge in [0.1, 0.15) is 12.6 Å². The highest BCUT2D eigenvalue weighted by atomic mass is 79.9. The Hall–Kier alpha value is -2.05. The van der Waals surface area contributed by atoms with E-state index < -0.39 is 12.0 Å². The second-order valence-corrected chi connectivity index (χ2v) is 7.68. The molecule has 2 aromatic carbocycles. The van der Waals surface area contributed by atoms with Gasteiger partial charge in [-0.05, 0) is 52.0 Å². The van der Waals surface area contributed by atoms with Gasteiger partial charge >= 0.3 is 5.97 Å². The molecule has 0 heterocycles. The summed E-state index contributed by atoms with van der Waals surface area (Å²) in [7, 11) is 1.59. The molecule has 0 saturated carbocycles. The average Bonchev–Trinajstić information content (AvgIpc) is 2.61. The second kappa shape index (κ2) is 9.76. The highest BCUT2D eigenvalue weighted by molar-refractivity contribution is 9.10. The van der Waals surface area contributed by atoms with Gasteiger partial charge in [0.05, 0.1) is 11.6 Å². The summed E-state index contributed by atoms with van der Waals surface area (Å²) in [6.07, 6.45) is 0. The number of carboxylic acid groups (broad SMARTS) is 1. The van der Waals surface area contributed by atoms with Gasteiger partial charge < -0.3 is 19.9 Å². The Bertz CT molecular complexity index is 774. The van der Waals surface area contributed by atoms with E-state index in [2.05, 4.69) is 21.2 Å². The number of benzene rings is 2. The van der Waals surface area contributed by atoms with Gasteiger partial charge in [-0.25, -0.2) is 0 Å². The number of ether oxygens (including phenoxy) is 2. The van der Waals surface area contributed by atoms with E-state index in [4.69, 9.17) is 9.47 Å². The summed E-state index contributed by atoms with van der Waals surface area (Å²) in [4.78, 5) is 11.3. The average molecular weight is 436 g/mol. The van der Waals surface area contributed by atoms with Crippen LogP contribution in [0.1, 0.15) is 30.5 Å². The topological polar surface area (TPSA) is 67.8 Å². The fraction of sp³-hybridized carbons (Fsp3) is 0.381. The predicted molar refractivity (Wildman–Crippen MR) is 109 cm³/mol. The van der Waals surface area contributed by atoms with Crippen LogP contribution in [0.5, 0.6) is 11.5 Å². The standard InChI is InChI=1S/C21H26BrNO4/c1-13(2)19(21(24)25)23-11-16-9-17(22)20(18(10-16)26-4)27-12-15-7-5-14(3)6-8-15/h5-10,13,19,23H,11-12H2,1-4H3,(H,24,25). The first-order valence-electron chi connectivity index (χ1n) is 8.82. The highest BCUT2D eigenvalue weighted by Gasteiger charge is 2.21. The molecule has 0 radical (unpaired) electrons. The van der Waals surface area contributed by atoms with Crippen LogP contribution >= 0.6 is 15.9 Å². The molecule has 27 heavy (non-hydrogen) atoms. The molecule has 0 aliphatic heterocycles. The molecule has 0 bridgehead atoms. The maximum absolute atomic E-state index is 11.3. The number of nitrogens with one attached hydrogen (secondary N) is 1. The Morgan fingerprint density at radius 2 is 1.85 bits per heavy atom. The summed E-state index contributed by atoms with van der Waals surface area (Å²) < 4.78 is 12.2. The van der Waals surface area contributed by atoms with Crippen molar-refractivity contribution in [3.05, 3.63) is 57.6 Å². The van der Waals surface area contributed by atoms with E-state index >= 15 is 0 Å². The smallest absolute Gasteiger partial charge is 0.320 e. The molecule has 146 valence electrons. The van der Waals surface area contributed by atoms with Crippen LogP contribution in [0.25, 0.3) is 0 Å². The lowest BCUT2D eigenvalue weighted by Gasteiger charge is -2.19. The SMILES string of the molecule is COc1cc(CNC(C(=O)O)C(C)C)cc(Br)c1OCc1ccc(C)cc1. The molecule has 2 N–H and O–H groups in total. The van der Waals surface area contributed by atoms with Crippen molar-refractivity contribution in [1.29, 1.82) is 0 Å². The molecule has 2 aromatic rings. The van der Waals surface area contributed by atoms with Crippen LogP contribution in [-0.4, -0.2) is 24.2 Å². The van der Waals surface area contributed by atoms with Crippen molar-refractivity contribution in [3.63, 3.8) is 0 Å². The summed E-state index contributed by atoms with van der Waals surface area (Å²) >= 11 is 3.54. The van der Waals surface area contributed by atoms with Crippen molar-refractivity contribution >= 4 is 21.9 Å². The van der Waals surface area contributed by atoms with Crippen LogP contribution in [-0.2, 0) is 17.9 Å². The number of hydrogen-bond donors (Lipinski definition) is 2. The predicted octanol–water partition coefficient (Wildman–Crippen LogP) is 4.54. The van der Waals surface area contributed by atoms with Crippen LogP contribution in [0.2, 0.25) is 0 Å². The van der Waals surface area contributed by atoms with E-state index in [-0.39, 0.29) is 5.92 Å². The molecule has 1 atom stereocenters. The maximum atomic E-state index is 11.3. The lowest BCUT2D eigenvalue weighted by molar-refractivity contribution is -0.140. The number of carboxylic acids is 1. The molecule has 0 amide bonds. The van der Waals surface area contributed by atoms with Gasteiger partial charge in [-0.15, -0.1) is 0 Å². The third kappa shape index (κ3) is 5.97. The number of aryl methyl sites for hydroxylation is 1. The minimum atomic E-state index is -0.853. The molecule has 0 spiro atoms. The zero-order chi connectivity index (χ0) is 20.0. The van der Waals surface area contributed by atoms with Crippen molar-refractivity contribution in [1.82, 2.24) is 5.32 Å². The van der Waals surface area contributed by atoms with E-state index in [1.807, 2.05) is 57.2 Å². The molecule has 0 aliphatic rings. The first-order chi connectivity index (χ1) is 12.8. The van der Waals surface area contributed by atoms with Gasteiger partial charge in [-0.1, -0.05) is 43.7 Å². The van der Waals surface area contributed by atoms with Crippen LogP contribution < -0.4 is 14.8 Å². The molecular formula is C21H26BrNO4. The Kier molecular flexibility index (Phi) is 7.68. The number of carbonyl (C=O) groups is 1. The zero-order valence-electron chi connectivity index (χ0n) is 16.1. The molecule has 5 nitrogen and oxygen atoms in total. The van der Waals surface area contributed by atoms with Gasteiger partial charge in [-0.3, -0.25) is 4.79 Å². The van der Waals surface area contributed by atoms with E-state index in [0.717, 1.165) is 15.6 Å². The molecule has 0 saturated heterocycles. The number of methoxy groups -OCH3 is 1. The van der Waals surface area contributed by atoms with Crippen LogP contribution in [0.3, 0.4) is 0 Å². The first-order valence-corrected chi connectivity index (χ1v) is 9.62. The molecular weight excluding hydrogens is 410 g/mol. The van der Waals surface area contributed by atoms with Crippen LogP contribution in [0, 0.1) is 12.8 Å². The Morgan fingerprint density at radius 1 is 1.19 bits per heavy atom. The summed E-state index contributed by atoms with van der Waals surface area (Å²) in [6.45, 7) is 6.66. The molecule has 0 fully saturated rings. The summed E-state index contributed by atoms with van der Waals surface area (Å²) in [5.41, 5.74) is 3.19. The third-order valence-corrected chi connectivity index (χ3v) is 4.84. The molecule has 1 unspecified atom stereocenters. The number of halogens is 1. The Labute approximate surface area is 168 Å². The highest BCUT2D eigenvalue weighted by Crippen LogP contribution is 2.37. The van der Waals surface area contributed by atoms with Gasteiger partial charge in [0.15, 0.2) is 11.5 Å². The van der Waals surface area contributed by atoms with E-state index in [0.29, 0.717) is 24.7 Å². The third-order valence-electron chi connectivity index (χ3n) is 4.25. The molecule has 6 heteroatoms. The number of hydrogen-bond acceptors (Lipinski definition) is 4. The van der Waals surface area contributed by atoms with Crippen molar-refractivity contribution in [2.45, 2.75) is 40.0 Å². The largest absolute Gasteiger partial charge is 0.493 e. The summed E-state index contributed by atoms with van der Waals surface area (Å²) in [5, 5.41) is 12.4. The maximum Gasteiger partial charge on any atom is 0.320 e. The van der Waals surface area contributed by atoms with Crippen molar-refractivity contribution < 1.29 is 19.4 Å². The minimum absolute atomic E-state index is 0.00930. The first kappa shape index (κ1) is 21.3. The quantitative estimate of drug-likeness (QED) is 0.604. The van der Waals surface area contributed by atoms with Crippen molar-refractivity contribution in [3.8, 4) is 11.5 Å². The van der Waals surface area contributed by atoms with E-state index in [9.17, 15) is 9.90 Å². The van der Waals surface area contributed by atoms with Crippen molar-refractivity contribution in [2.24, 2.45) is 5.92 Å². The van der Waals surface area contributed by atoms with E-state index in [1.165, 1.54) is 5.56 Å². The zero-order valence-corrected chi connectivity index (χ0v) is 17.7. The molecule has 0 aromatic heterocycles. The monoisotopic (exact) mass is 435 g/mol. The molecule has 2 rings (SSSR count). The second-order valence-electron chi connectivity index (χ2n) is 6.82. The summed E-state index contributed by atoms with van der Waals surface area (Å²) in [5.74, 6) is 0.365. The van der Waals surface area contributed by atoms with Gasteiger partial charge in [0, 0.05) is 6.54 Å². The number of aliphatic carboxylic acids is 1. The van der Waals surface area contributed by atoms with Gasteiger partial charge in [0.2, 0.25) is 0 Å². The Balaban J connectivity index is 2.11. The molecule has 0 aliphatic carbocycles. The van der Waals surface area contributed by atoms with Crippen LogP contribution in [0.4, 0.5) is 0 Å². The minimum Gasteiger partial charge on any atom is -0.493 e. The van der Waals surface area contributed by atoms with Crippen LogP contribution in [0.15, 0.2) is 40.9 Å². The lowest BCUT2D eigenvalue weighted by Crippen LogP contribution is -2.40. The Morgan fingerprint density at radius 3 is 2.41 bits per heavy atom. The fourth-order valence-corrected chi connectivity index (χ4v) is 3.30. The number of rotatable bonds is 9. The van der Waals surface area contributed by atoms with Gasteiger partial charge in [0.25, 0.3) is 0 Å². The summed E-state index contributed by atoms with van der Waals surface area (Å²) in [6, 6.07) is 11.3. The van der Waals surface area contributed by atoms with Crippen molar-refractivity contribution in [2.75, 3.05) is 7.11 Å². The lowest BCUT2D eigenvalue weighted by atomic mass is 10.0. The van der Waals surface area contributed by atoms with E-state index in [1.54, 1.807) is 7.11 Å². The van der Waals surface area contributed by atoms with Gasteiger partial charge in [-0.2, -0.15) is 0 Å². The normalized spacial score (nSPS) is 12.1.